The maximum absolute atomic E-state index is 10.8. The van der Waals surface area contributed by atoms with E-state index in [0.29, 0.717) is 0 Å². The van der Waals surface area contributed by atoms with Gasteiger partial charge in [-0.2, -0.15) is 4.99 Å². The van der Waals surface area contributed by atoms with E-state index in [2.05, 4.69) is 4.99 Å². The van der Waals surface area contributed by atoms with Crippen LogP contribution >= 0.6 is 0 Å². The molecule has 1 heterocycles. The zero-order chi connectivity index (χ0) is 7.72. The highest BCUT2D eigenvalue weighted by molar-refractivity contribution is 6.41. The predicted octanol–water partition coefficient (Wildman–Crippen LogP) is -0.208. The topological polar surface area (TPSA) is 49.7 Å². The molecule has 54 valence electrons. The Morgan fingerprint density at radius 2 is 2.10 bits per heavy atom. The van der Waals surface area contributed by atoms with E-state index < -0.39 is 11.8 Å². The zero-order valence-corrected chi connectivity index (χ0v) is 5.87. The lowest BCUT2D eigenvalue weighted by molar-refractivity contribution is -0.140. The van der Waals surface area contributed by atoms with Gasteiger partial charge in [0.15, 0.2) is 0 Å². The maximum Gasteiger partial charge on any atom is 0.336 e. The lowest BCUT2D eigenvalue weighted by Gasteiger charge is -2.14. The molecule has 0 fully saturated rings. The van der Waals surface area contributed by atoms with Crippen molar-refractivity contribution in [3.63, 3.8) is 0 Å². The molecule has 4 nitrogen and oxygen atoms in total. The lowest BCUT2D eigenvalue weighted by atomic mass is 10.3. The average molecular weight is 140 g/mol. The molecule has 2 amide bonds. The van der Waals surface area contributed by atoms with E-state index in [9.17, 15) is 9.59 Å². The van der Waals surface area contributed by atoms with Gasteiger partial charge in [-0.25, -0.2) is 0 Å². The fourth-order valence-corrected chi connectivity index (χ4v) is 0.701. The smallest absolute Gasteiger partial charge is 0.292 e. The van der Waals surface area contributed by atoms with Gasteiger partial charge in [0, 0.05) is 6.04 Å². The lowest BCUT2D eigenvalue weighted by Crippen LogP contribution is -2.34. The van der Waals surface area contributed by atoms with Gasteiger partial charge in [-0.05, 0) is 13.8 Å². The van der Waals surface area contributed by atoms with E-state index in [4.69, 9.17) is 0 Å². The maximum atomic E-state index is 10.8. The number of aliphatic imine (C=N–C) groups is 1. The van der Waals surface area contributed by atoms with Crippen LogP contribution < -0.4 is 0 Å². The first kappa shape index (κ1) is 6.92. The summed E-state index contributed by atoms with van der Waals surface area (Å²) in [4.78, 5) is 25.9. The quantitative estimate of drug-likeness (QED) is 0.473. The molecule has 0 bridgehead atoms. The van der Waals surface area contributed by atoms with Crippen molar-refractivity contribution < 1.29 is 9.59 Å². The third kappa shape index (κ3) is 0.920. The monoisotopic (exact) mass is 140 g/mol. The third-order valence-corrected chi connectivity index (χ3v) is 1.27. The normalized spacial score (nSPS) is 17.7. The minimum absolute atomic E-state index is 0.0164. The van der Waals surface area contributed by atoms with Gasteiger partial charge in [0.25, 0.3) is 0 Å². The molecule has 0 unspecified atom stereocenters. The summed E-state index contributed by atoms with van der Waals surface area (Å²) in [6, 6.07) is 0.0164. The summed E-state index contributed by atoms with van der Waals surface area (Å²) in [5, 5.41) is 0. The molecular weight excluding hydrogens is 132 g/mol. The second kappa shape index (κ2) is 2.21. The van der Waals surface area contributed by atoms with Gasteiger partial charge in [0.2, 0.25) is 0 Å². The minimum Gasteiger partial charge on any atom is -0.292 e. The van der Waals surface area contributed by atoms with Gasteiger partial charge in [-0.15, -0.1) is 0 Å². The summed E-state index contributed by atoms with van der Waals surface area (Å²) in [6.45, 7) is 3.64. The number of hydrogen-bond donors (Lipinski definition) is 0. The molecule has 0 spiro atoms. The van der Waals surface area contributed by atoms with Crippen LogP contribution in [0, 0.1) is 0 Å². The van der Waals surface area contributed by atoms with Gasteiger partial charge < -0.3 is 0 Å². The third-order valence-electron chi connectivity index (χ3n) is 1.27. The van der Waals surface area contributed by atoms with E-state index in [-0.39, 0.29) is 6.04 Å². The Hall–Kier alpha value is -1.19. The molecule has 1 aliphatic rings. The predicted molar refractivity (Wildman–Crippen MR) is 35.5 cm³/mol. The van der Waals surface area contributed by atoms with Crippen molar-refractivity contribution in [1.29, 1.82) is 0 Å². The molecule has 0 saturated heterocycles. The first-order valence-electron chi connectivity index (χ1n) is 3.03. The summed E-state index contributed by atoms with van der Waals surface area (Å²) < 4.78 is 0. The SMILES string of the molecule is CC(C)N1C=NC(=O)C1=O. The molecule has 0 aliphatic carbocycles. The van der Waals surface area contributed by atoms with E-state index in [0.717, 1.165) is 0 Å². The van der Waals surface area contributed by atoms with Crippen LogP contribution in [0.3, 0.4) is 0 Å². The van der Waals surface area contributed by atoms with E-state index in [1.54, 1.807) is 0 Å². The number of carbonyl (C=O) groups excluding carboxylic acids is 2. The number of amides is 2. The van der Waals surface area contributed by atoms with Gasteiger partial charge in [-0.1, -0.05) is 0 Å². The molecule has 0 aromatic heterocycles. The van der Waals surface area contributed by atoms with Crippen LogP contribution in [0.4, 0.5) is 0 Å². The van der Waals surface area contributed by atoms with Gasteiger partial charge in [0.1, 0.15) is 6.34 Å². The van der Waals surface area contributed by atoms with Crippen molar-refractivity contribution in [2.75, 3.05) is 0 Å². The standard InChI is InChI=1S/C6H8N2O2/c1-4(2)8-3-7-5(9)6(8)10/h3-4H,1-2H3. The van der Waals surface area contributed by atoms with Crippen LogP contribution in [0.5, 0.6) is 0 Å². The molecule has 1 aliphatic heterocycles. The Morgan fingerprint density at radius 3 is 2.30 bits per heavy atom. The van der Waals surface area contributed by atoms with Crippen molar-refractivity contribution >= 4 is 18.2 Å². The molecule has 0 radical (unpaired) electrons. The molecule has 0 saturated carbocycles. The fraction of sp³-hybridized carbons (Fsp3) is 0.500. The van der Waals surface area contributed by atoms with E-state index in [1.165, 1.54) is 11.2 Å². The summed E-state index contributed by atoms with van der Waals surface area (Å²) in [6.07, 6.45) is 1.27. The first-order chi connectivity index (χ1) is 4.63. The van der Waals surface area contributed by atoms with Crippen LogP contribution in [0.1, 0.15) is 13.8 Å². The van der Waals surface area contributed by atoms with Crippen molar-refractivity contribution in [2.45, 2.75) is 19.9 Å². The van der Waals surface area contributed by atoms with Gasteiger partial charge in [0.05, 0.1) is 0 Å². The molecule has 10 heavy (non-hydrogen) atoms. The fourth-order valence-electron chi connectivity index (χ4n) is 0.701. The minimum atomic E-state index is -0.672. The van der Waals surface area contributed by atoms with Crippen molar-refractivity contribution in [2.24, 2.45) is 4.99 Å². The Balaban J connectivity index is 2.76. The van der Waals surface area contributed by atoms with Crippen LogP contribution in [-0.4, -0.2) is 29.1 Å². The summed E-state index contributed by atoms with van der Waals surface area (Å²) in [5.74, 6) is -1.20. The molecule has 0 atom stereocenters. The highest BCUT2D eigenvalue weighted by Crippen LogP contribution is 2.02. The van der Waals surface area contributed by atoms with Crippen LogP contribution in [0.2, 0.25) is 0 Å². The van der Waals surface area contributed by atoms with Crippen LogP contribution in [0.15, 0.2) is 4.99 Å². The summed E-state index contributed by atoms with van der Waals surface area (Å²) in [5.41, 5.74) is 0. The van der Waals surface area contributed by atoms with Gasteiger partial charge in [-0.3, -0.25) is 14.5 Å². The molecule has 0 aromatic rings. The second-order valence-electron chi connectivity index (χ2n) is 2.36. The summed E-state index contributed by atoms with van der Waals surface area (Å²) >= 11 is 0. The van der Waals surface area contributed by atoms with Crippen molar-refractivity contribution in [3.05, 3.63) is 0 Å². The Bertz CT molecular complexity index is 208. The number of rotatable bonds is 1. The molecule has 1 rings (SSSR count). The molecule has 0 N–H and O–H groups in total. The highest BCUT2D eigenvalue weighted by Gasteiger charge is 2.27. The highest BCUT2D eigenvalue weighted by atomic mass is 16.2. The average Bonchev–Trinajstić information content (AvgIpc) is 2.14. The van der Waals surface area contributed by atoms with Crippen molar-refractivity contribution in [1.82, 2.24) is 4.90 Å². The van der Waals surface area contributed by atoms with Crippen LogP contribution in [0.25, 0.3) is 0 Å². The Kier molecular flexibility index (Phi) is 1.53. The van der Waals surface area contributed by atoms with Crippen molar-refractivity contribution in [3.8, 4) is 0 Å². The summed E-state index contributed by atoms with van der Waals surface area (Å²) in [7, 11) is 0. The van der Waals surface area contributed by atoms with Crippen LogP contribution in [-0.2, 0) is 9.59 Å². The number of nitrogens with zero attached hydrogens (tertiary/aromatic N) is 2. The second-order valence-corrected chi connectivity index (χ2v) is 2.36. The number of carbonyl (C=O) groups is 2. The van der Waals surface area contributed by atoms with E-state index in [1.807, 2.05) is 13.8 Å². The Labute approximate surface area is 58.5 Å². The number of hydrogen-bond acceptors (Lipinski definition) is 2. The molecule has 0 aromatic carbocycles. The van der Waals surface area contributed by atoms with Gasteiger partial charge >= 0.3 is 11.8 Å². The van der Waals surface area contributed by atoms with E-state index >= 15 is 0 Å². The molecular formula is C6H8N2O2. The zero-order valence-electron chi connectivity index (χ0n) is 5.87. The largest absolute Gasteiger partial charge is 0.336 e. The Morgan fingerprint density at radius 1 is 1.50 bits per heavy atom. The first-order valence-corrected chi connectivity index (χ1v) is 3.03. The molecule has 4 heteroatoms.